The monoisotopic (exact) mass is 646 g/mol. The summed E-state index contributed by atoms with van der Waals surface area (Å²) in [6, 6.07) is 76.2. The lowest BCUT2D eigenvalue weighted by molar-refractivity contribution is 0.769. The summed E-state index contributed by atoms with van der Waals surface area (Å²) in [6.07, 6.45) is 0. The molecule has 9 aromatic carbocycles. The summed E-state index contributed by atoms with van der Waals surface area (Å²) in [5.74, 6) is 0. The van der Waals surface area contributed by atoms with E-state index in [4.69, 9.17) is 0 Å². The van der Waals surface area contributed by atoms with Gasteiger partial charge in [-0.2, -0.15) is 0 Å². The molecule has 0 aliphatic heterocycles. The lowest BCUT2D eigenvalue weighted by atomic mass is 9.67. The Morgan fingerprint density at radius 2 is 0.784 bits per heavy atom. The van der Waals surface area contributed by atoms with Crippen molar-refractivity contribution in [2.45, 2.75) is 5.41 Å². The van der Waals surface area contributed by atoms with Gasteiger partial charge in [-0.15, -0.1) is 0 Å². The lowest BCUT2D eigenvalue weighted by Gasteiger charge is -2.34. The molecule has 0 radical (unpaired) electrons. The summed E-state index contributed by atoms with van der Waals surface area (Å²) in [5.41, 5.74) is 14.7. The third-order valence-electron chi connectivity index (χ3n) is 10.9. The molecular weight excluding hydrogens is 613 g/mol. The average molecular weight is 647 g/mol. The molecule has 9 aromatic rings. The number of benzene rings is 9. The highest BCUT2D eigenvalue weighted by molar-refractivity contribution is 6.11. The smallest absolute Gasteiger partial charge is 0.0622 e. The van der Waals surface area contributed by atoms with Crippen LogP contribution in [0.15, 0.2) is 206 Å². The Kier molecular flexibility index (Phi) is 6.82. The van der Waals surface area contributed by atoms with E-state index < -0.39 is 5.41 Å². The number of rotatable bonds is 5. The SMILES string of the molecule is c1ccc(-c2ccc(-c3ccc4c(c3)C(c3ccccc3)(c3ccccc3)c3cc(-c5ccc6ccccc6c5)c5ccccc5c3-4)cc2)cc1. The lowest BCUT2D eigenvalue weighted by Crippen LogP contribution is -2.28. The van der Waals surface area contributed by atoms with Gasteiger partial charge in [0.1, 0.15) is 0 Å². The van der Waals surface area contributed by atoms with Crippen molar-refractivity contribution < 1.29 is 0 Å². The zero-order chi connectivity index (χ0) is 33.8. The second kappa shape index (κ2) is 11.8. The van der Waals surface area contributed by atoms with Gasteiger partial charge >= 0.3 is 0 Å². The van der Waals surface area contributed by atoms with Crippen molar-refractivity contribution in [1.29, 1.82) is 0 Å². The molecule has 0 fully saturated rings. The molecule has 0 N–H and O–H groups in total. The first-order valence-electron chi connectivity index (χ1n) is 17.8. The van der Waals surface area contributed by atoms with Crippen LogP contribution in [0.4, 0.5) is 0 Å². The topological polar surface area (TPSA) is 0 Å². The maximum absolute atomic E-state index is 2.51. The summed E-state index contributed by atoms with van der Waals surface area (Å²) in [4.78, 5) is 0. The zero-order valence-corrected chi connectivity index (χ0v) is 28.1. The van der Waals surface area contributed by atoms with Crippen LogP contribution in [-0.2, 0) is 5.41 Å². The molecule has 0 heterocycles. The molecule has 0 saturated carbocycles. The number of fused-ring (bicyclic) bond motifs is 6. The molecule has 0 heteroatoms. The van der Waals surface area contributed by atoms with E-state index in [1.807, 2.05) is 0 Å². The summed E-state index contributed by atoms with van der Waals surface area (Å²) in [7, 11) is 0. The molecule has 0 aromatic heterocycles. The predicted molar refractivity (Wildman–Crippen MR) is 215 cm³/mol. The van der Waals surface area contributed by atoms with Crippen LogP contribution in [0.2, 0.25) is 0 Å². The van der Waals surface area contributed by atoms with Gasteiger partial charge < -0.3 is 0 Å². The summed E-state index contributed by atoms with van der Waals surface area (Å²) < 4.78 is 0. The maximum Gasteiger partial charge on any atom is 0.0714 e. The van der Waals surface area contributed by atoms with Crippen LogP contribution >= 0.6 is 0 Å². The fraction of sp³-hybridized carbons (Fsp3) is 0.0196. The minimum atomic E-state index is -0.525. The Morgan fingerprint density at radius 3 is 1.47 bits per heavy atom. The normalized spacial score (nSPS) is 12.9. The fourth-order valence-electron chi connectivity index (χ4n) is 8.60. The molecule has 0 atom stereocenters. The van der Waals surface area contributed by atoms with E-state index in [1.54, 1.807) is 0 Å². The number of hydrogen-bond donors (Lipinski definition) is 0. The van der Waals surface area contributed by atoms with Gasteiger partial charge in [-0.25, -0.2) is 0 Å². The maximum atomic E-state index is 2.51. The standard InChI is InChI=1S/C51H34/c1-4-14-35(15-5-1)37-24-26-38(27-25-37)40-30-31-46-48(33-40)51(42-18-6-2-7-19-42,43-20-8-3-9-21-43)49-34-47(44-22-12-13-23-45(44)50(46)49)41-29-28-36-16-10-11-17-39(36)32-41/h1-34H. The summed E-state index contributed by atoms with van der Waals surface area (Å²) in [5, 5.41) is 5.07. The van der Waals surface area contributed by atoms with Gasteiger partial charge in [-0.05, 0) is 107 Å². The predicted octanol–water partition coefficient (Wildman–Crippen LogP) is 13.4. The second-order valence-corrected chi connectivity index (χ2v) is 13.6. The van der Waals surface area contributed by atoms with Crippen molar-refractivity contribution in [2.75, 3.05) is 0 Å². The molecule has 0 unspecified atom stereocenters. The molecular formula is C51H34. The van der Waals surface area contributed by atoms with Gasteiger partial charge in [-0.3, -0.25) is 0 Å². The van der Waals surface area contributed by atoms with Crippen LogP contribution in [0.3, 0.4) is 0 Å². The van der Waals surface area contributed by atoms with Gasteiger partial charge in [0.05, 0.1) is 5.41 Å². The van der Waals surface area contributed by atoms with Crippen molar-refractivity contribution in [1.82, 2.24) is 0 Å². The molecule has 0 amide bonds. The molecule has 0 nitrogen and oxygen atoms in total. The second-order valence-electron chi connectivity index (χ2n) is 13.6. The molecule has 1 aliphatic rings. The third-order valence-corrected chi connectivity index (χ3v) is 10.9. The molecule has 51 heavy (non-hydrogen) atoms. The van der Waals surface area contributed by atoms with E-state index in [0.717, 1.165) is 0 Å². The Morgan fingerprint density at radius 1 is 0.275 bits per heavy atom. The first-order chi connectivity index (χ1) is 25.3. The van der Waals surface area contributed by atoms with E-state index in [2.05, 4.69) is 206 Å². The van der Waals surface area contributed by atoms with Crippen molar-refractivity contribution in [2.24, 2.45) is 0 Å². The zero-order valence-electron chi connectivity index (χ0n) is 28.1. The molecule has 0 bridgehead atoms. The molecule has 0 saturated heterocycles. The van der Waals surface area contributed by atoms with E-state index in [0.29, 0.717) is 0 Å². The van der Waals surface area contributed by atoms with Crippen molar-refractivity contribution in [3.05, 3.63) is 229 Å². The molecule has 0 spiro atoms. The minimum Gasteiger partial charge on any atom is -0.0622 e. The minimum absolute atomic E-state index is 0.525. The summed E-state index contributed by atoms with van der Waals surface area (Å²) >= 11 is 0. The highest BCUT2D eigenvalue weighted by Crippen LogP contribution is 2.59. The van der Waals surface area contributed by atoms with Gasteiger partial charge in [0.15, 0.2) is 0 Å². The highest BCUT2D eigenvalue weighted by Gasteiger charge is 2.47. The van der Waals surface area contributed by atoms with E-state index >= 15 is 0 Å². The van der Waals surface area contributed by atoms with Crippen LogP contribution in [0, 0.1) is 0 Å². The van der Waals surface area contributed by atoms with E-state index in [1.165, 1.54) is 88.3 Å². The Labute approximate surface area is 298 Å². The van der Waals surface area contributed by atoms with E-state index in [9.17, 15) is 0 Å². The Hall–Kier alpha value is -6.50. The Balaban J connectivity index is 1.27. The van der Waals surface area contributed by atoms with Crippen LogP contribution in [-0.4, -0.2) is 0 Å². The van der Waals surface area contributed by atoms with Crippen LogP contribution < -0.4 is 0 Å². The quantitative estimate of drug-likeness (QED) is 0.175. The van der Waals surface area contributed by atoms with Crippen molar-refractivity contribution >= 4 is 21.5 Å². The van der Waals surface area contributed by atoms with Gasteiger partial charge in [-0.1, -0.05) is 188 Å². The van der Waals surface area contributed by atoms with Crippen LogP contribution in [0.5, 0.6) is 0 Å². The fourth-order valence-corrected chi connectivity index (χ4v) is 8.60. The largest absolute Gasteiger partial charge is 0.0714 e. The summed E-state index contributed by atoms with van der Waals surface area (Å²) in [6.45, 7) is 0. The van der Waals surface area contributed by atoms with E-state index in [-0.39, 0.29) is 0 Å². The van der Waals surface area contributed by atoms with Crippen LogP contribution in [0.1, 0.15) is 22.3 Å². The van der Waals surface area contributed by atoms with Gasteiger partial charge in [0.25, 0.3) is 0 Å². The number of hydrogen-bond acceptors (Lipinski definition) is 0. The first kappa shape index (κ1) is 29.4. The van der Waals surface area contributed by atoms with Gasteiger partial charge in [0, 0.05) is 0 Å². The van der Waals surface area contributed by atoms with Crippen LogP contribution in [0.25, 0.3) is 66.1 Å². The molecule has 238 valence electrons. The first-order valence-corrected chi connectivity index (χ1v) is 17.8. The molecule has 1 aliphatic carbocycles. The highest BCUT2D eigenvalue weighted by atomic mass is 14.5. The van der Waals surface area contributed by atoms with Gasteiger partial charge in [0.2, 0.25) is 0 Å². The van der Waals surface area contributed by atoms with Crippen molar-refractivity contribution in [3.63, 3.8) is 0 Å². The average Bonchev–Trinajstić information content (AvgIpc) is 3.52. The Bertz CT molecular complexity index is 2660. The third kappa shape index (κ3) is 4.61. The van der Waals surface area contributed by atoms with Crippen molar-refractivity contribution in [3.8, 4) is 44.5 Å². The molecule has 10 rings (SSSR count).